The molecule has 2 aromatic heterocycles. The molecule has 0 saturated carbocycles. The molecule has 3 aromatic carbocycles. The maximum Gasteiger partial charge on any atom is 0.220 e. The standard InChI is InChI=1S/C19H12BrN3/c20-14-9-6-12-17-18(14)21-19-22(13-7-2-1-3-8-13)15-10-4-5-11-16(15)23(17)19/h1-12H. The predicted octanol–water partition coefficient (Wildman–Crippen LogP) is 5.19. The Morgan fingerprint density at radius 3 is 2.22 bits per heavy atom. The van der Waals surface area contributed by atoms with Gasteiger partial charge in [0, 0.05) is 10.2 Å². The van der Waals surface area contributed by atoms with E-state index >= 15 is 0 Å². The fourth-order valence-corrected chi connectivity index (χ4v) is 3.67. The number of hydrogen-bond acceptors (Lipinski definition) is 1. The molecule has 0 amide bonds. The third-order valence-electron chi connectivity index (χ3n) is 4.20. The highest BCUT2D eigenvalue weighted by atomic mass is 79.9. The number of halogens is 1. The van der Waals surface area contributed by atoms with Gasteiger partial charge in [0.05, 0.1) is 16.6 Å². The van der Waals surface area contributed by atoms with E-state index in [2.05, 4.69) is 85.6 Å². The SMILES string of the molecule is Brc1cccc2c1nc1n(-c3ccccc3)c3ccccc3n21. The molecule has 0 N–H and O–H groups in total. The van der Waals surface area contributed by atoms with Crippen LogP contribution >= 0.6 is 15.9 Å². The maximum absolute atomic E-state index is 4.91. The van der Waals surface area contributed by atoms with E-state index in [-0.39, 0.29) is 0 Å². The van der Waals surface area contributed by atoms with Crippen molar-refractivity contribution in [3.8, 4) is 5.69 Å². The first-order chi connectivity index (χ1) is 11.3. The van der Waals surface area contributed by atoms with E-state index in [9.17, 15) is 0 Å². The third kappa shape index (κ3) is 1.72. The molecule has 0 aliphatic heterocycles. The fraction of sp³-hybridized carbons (Fsp3) is 0. The van der Waals surface area contributed by atoms with E-state index in [4.69, 9.17) is 4.98 Å². The van der Waals surface area contributed by atoms with Crippen LogP contribution in [-0.2, 0) is 0 Å². The number of fused-ring (bicyclic) bond motifs is 5. The molecule has 2 heterocycles. The molecule has 0 spiro atoms. The average Bonchev–Trinajstić information content (AvgIpc) is 3.11. The van der Waals surface area contributed by atoms with Crippen LogP contribution in [0.1, 0.15) is 0 Å². The van der Waals surface area contributed by atoms with Crippen LogP contribution in [-0.4, -0.2) is 14.0 Å². The quantitative estimate of drug-likeness (QED) is 0.402. The van der Waals surface area contributed by atoms with Crippen LogP contribution in [0.15, 0.2) is 77.3 Å². The van der Waals surface area contributed by atoms with Crippen LogP contribution in [0.2, 0.25) is 0 Å². The zero-order valence-electron chi connectivity index (χ0n) is 12.1. The van der Waals surface area contributed by atoms with Crippen LogP contribution in [0.25, 0.3) is 33.5 Å². The van der Waals surface area contributed by atoms with Crippen molar-refractivity contribution in [2.24, 2.45) is 0 Å². The topological polar surface area (TPSA) is 22.2 Å². The van der Waals surface area contributed by atoms with E-state index in [1.807, 2.05) is 12.1 Å². The molecule has 0 aliphatic rings. The van der Waals surface area contributed by atoms with Crippen molar-refractivity contribution < 1.29 is 0 Å². The first-order valence-corrected chi connectivity index (χ1v) is 8.25. The van der Waals surface area contributed by atoms with Crippen LogP contribution in [0, 0.1) is 0 Å². The lowest BCUT2D eigenvalue weighted by Gasteiger charge is -2.04. The Kier molecular flexibility index (Phi) is 2.64. The van der Waals surface area contributed by atoms with Crippen molar-refractivity contribution in [2.75, 3.05) is 0 Å². The van der Waals surface area contributed by atoms with Crippen LogP contribution in [0.3, 0.4) is 0 Å². The molecular formula is C19H12BrN3. The number of hydrogen-bond donors (Lipinski definition) is 0. The summed E-state index contributed by atoms with van der Waals surface area (Å²) in [4.78, 5) is 4.91. The lowest BCUT2D eigenvalue weighted by atomic mass is 10.2. The molecule has 3 nitrogen and oxygen atoms in total. The Labute approximate surface area is 140 Å². The minimum atomic E-state index is 0.930. The van der Waals surface area contributed by atoms with Gasteiger partial charge in [0.2, 0.25) is 5.78 Å². The number of rotatable bonds is 1. The first kappa shape index (κ1) is 12.9. The van der Waals surface area contributed by atoms with E-state index in [0.29, 0.717) is 0 Å². The third-order valence-corrected chi connectivity index (χ3v) is 4.84. The van der Waals surface area contributed by atoms with Gasteiger partial charge in [0.25, 0.3) is 0 Å². The van der Waals surface area contributed by atoms with Gasteiger partial charge in [-0.3, -0.25) is 8.97 Å². The van der Waals surface area contributed by atoms with Gasteiger partial charge in [-0.1, -0.05) is 36.4 Å². The van der Waals surface area contributed by atoms with Gasteiger partial charge >= 0.3 is 0 Å². The molecule has 5 aromatic rings. The molecule has 4 heteroatoms. The monoisotopic (exact) mass is 361 g/mol. The zero-order chi connectivity index (χ0) is 15.4. The molecule has 23 heavy (non-hydrogen) atoms. The van der Waals surface area contributed by atoms with E-state index in [1.165, 1.54) is 0 Å². The van der Waals surface area contributed by atoms with Gasteiger partial charge in [-0.2, -0.15) is 0 Å². The normalized spacial score (nSPS) is 11.7. The van der Waals surface area contributed by atoms with Gasteiger partial charge in [0.1, 0.15) is 5.52 Å². The van der Waals surface area contributed by atoms with E-state index in [1.54, 1.807) is 0 Å². The molecule has 0 saturated heterocycles. The van der Waals surface area contributed by atoms with Gasteiger partial charge in [0.15, 0.2) is 0 Å². The van der Waals surface area contributed by atoms with Crippen molar-refractivity contribution in [3.63, 3.8) is 0 Å². The lowest BCUT2D eigenvalue weighted by molar-refractivity contribution is 1.11. The van der Waals surface area contributed by atoms with Crippen LogP contribution in [0.4, 0.5) is 0 Å². The Morgan fingerprint density at radius 1 is 0.696 bits per heavy atom. The van der Waals surface area contributed by atoms with E-state index in [0.717, 1.165) is 38.0 Å². The Bertz CT molecular complexity index is 1170. The molecule has 0 fully saturated rings. The number of imidazole rings is 2. The molecule has 0 bridgehead atoms. The molecule has 5 rings (SSSR count). The second kappa shape index (κ2) is 4.70. The number of para-hydroxylation sites is 4. The molecular weight excluding hydrogens is 350 g/mol. The highest BCUT2D eigenvalue weighted by Crippen LogP contribution is 2.31. The highest BCUT2D eigenvalue weighted by molar-refractivity contribution is 9.10. The minimum absolute atomic E-state index is 0.930. The van der Waals surface area contributed by atoms with Crippen molar-refractivity contribution in [2.45, 2.75) is 0 Å². The molecule has 0 radical (unpaired) electrons. The maximum atomic E-state index is 4.91. The van der Waals surface area contributed by atoms with Crippen LogP contribution in [0.5, 0.6) is 0 Å². The summed E-state index contributed by atoms with van der Waals surface area (Å²) < 4.78 is 5.45. The summed E-state index contributed by atoms with van der Waals surface area (Å²) in [6, 6.07) is 25.0. The van der Waals surface area contributed by atoms with E-state index < -0.39 is 0 Å². The Balaban J connectivity index is 2.07. The highest BCUT2D eigenvalue weighted by Gasteiger charge is 2.17. The molecule has 0 unspecified atom stereocenters. The van der Waals surface area contributed by atoms with Gasteiger partial charge < -0.3 is 0 Å². The second-order valence-electron chi connectivity index (χ2n) is 5.51. The largest absolute Gasteiger partial charge is 0.278 e. The molecule has 0 aliphatic carbocycles. The van der Waals surface area contributed by atoms with Gasteiger partial charge in [-0.05, 0) is 52.3 Å². The Morgan fingerprint density at radius 2 is 1.39 bits per heavy atom. The zero-order valence-corrected chi connectivity index (χ0v) is 13.7. The number of benzene rings is 3. The molecule has 110 valence electrons. The van der Waals surface area contributed by atoms with Crippen LogP contribution < -0.4 is 0 Å². The smallest absolute Gasteiger partial charge is 0.220 e. The average molecular weight is 362 g/mol. The summed E-state index contributed by atoms with van der Waals surface area (Å²) in [7, 11) is 0. The summed E-state index contributed by atoms with van der Waals surface area (Å²) >= 11 is 3.62. The summed E-state index contributed by atoms with van der Waals surface area (Å²) in [6.45, 7) is 0. The predicted molar refractivity (Wildman–Crippen MR) is 97.2 cm³/mol. The van der Waals surface area contributed by atoms with Crippen molar-refractivity contribution in [1.82, 2.24) is 14.0 Å². The van der Waals surface area contributed by atoms with Crippen molar-refractivity contribution in [1.29, 1.82) is 0 Å². The van der Waals surface area contributed by atoms with Crippen molar-refractivity contribution in [3.05, 3.63) is 77.3 Å². The number of aromatic nitrogens is 3. The number of nitrogens with zero attached hydrogens (tertiary/aromatic N) is 3. The van der Waals surface area contributed by atoms with Gasteiger partial charge in [-0.15, -0.1) is 0 Å². The summed E-state index contributed by atoms with van der Waals surface area (Å²) in [5.41, 5.74) is 5.53. The van der Waals surface area contributed by atoms with Crippen molar-refractivity contribution >= 4 is 43.8 Å². The first-order valence-electron chi connectivity index (χ1n) is 7.46. The Hall–Kier alpha value is -2.59. The summed E-state index contributed by atoms with van der Waals surface area (Å²) in [6.07, 6.45) is 0. The molecule has 0 atom stereocenters. The summed E-state index contributed by atoms with van der Waals surface area (Å²) in [5.74, 6) is 0.930. The van der Waals surface area contributed by atoms with Gasteiger partial charge in [-0.25, -0.2) is 4.98 Å². The fourth-order valence-electron chi connectivity index (χ4n) is 3.22. The second-order valence-corrected chi connectivity index (χ2v) is 6.37. The summed E-state index contributed by atoms with van der Waals surface area (Å²) in [5, 5.41) is 0. The minimum Gasteiger partial charge on any atom is -0.278 e. The lowest BCUT2D eigenvalue weighted by Crippen LogP contribution is -1.94.